The first kappa shape index (κ1) is 14.5. The van der Waals surface area contributed by atoms with Crippen LogP contribution >= 0.6 is 0 Å². The van der Waals surface area contributed by atoms with E-state index in [4.69, 9.17) is 0 Å². The van der Waals surface area contributed by atoms with E-state index in [2.05, 4.69) is 35.2 Å². The molecule has 120 valence electrons. The fourth-order valence-corrected chi connectivity index (χ4v) is 2.78. The number of aromatic nitrogens is 3. The van der Waals surface area contributed by atoms with E-state index in [0.29, 0.717) is 11.6 Å². The number of nitrogens with zero attached hydrogens (tertiary/aromatic N) is 2. The maximum absolute atomic E-state index is 12.4. The highest BCUT2D eigenvalue weighted by Gasteiger charge is 2.12. The number of rotatable bonds is 3. The molecule has 0 saturated carbocycles. The molecular weight excluding hydrogens is 300 g/mol. The normalized spacial score (nSPS) is 11.5. The molecule has 2 N–H and O–H groups in total. The zero-order valence-corrected chi connectivity index (χ0v) is 13.6. The number of H-pyrrole nitrogens is 1. The number of nitrogens with one attached hydrogen (secondary N) is 2. The predicted molar refractivity (Wildman–Crippen MR) is 95.5 cm³/mol. The number of aromatic amines is 1. The molecule has 0 aliphatic heterocycles. The van der Waals surface area contributed by atoms with Crippen LogP contribution in [0.3, 0.4) is 0 Å². The van der Waals surface area contributed by atoms with Gasteiger partial charge in [0, 0.05) is 34.7 Å². The smallest absolute Gasteiger partial charge is 0.275 e. The van der Waals surface area contributed by atoms with Gasteiger partial charge >= 0.3 is 0 Å². The van der Waals surface area contributed by atoms with Crippen molar-refractivity contribution in [3.63, 3.8) is 0 Å². The van der Waals surface area contributed by atoms with Crippen molar-refractivity contribution in [1.82, 2.24) is 14.4 Å². The molecule has 4 rings (SSSR count). The Morgan fingerprint density at radius 1 is 1.21 bits per heavy atom. The van der Waals surface area contributed by atoms with Crippen molar-refractivity contribution in [1.29, 1.82) is 0 Å². The SMILES string of the molecule is CC(C)c1cc2cc(NC(=O)c3cn4ccccc4n3)ccc2[nH]1. The molecule has 0 spiro atoms. The van der Waals surface area contributed by atoms with Gasteiger partial charge in [-0.2, -0.15) is 0 Å². The van der Waals surface area contributed by atoms with Crippen molar-refractivity contribution >= 4 is 28.1 Å². The van der Waals surface area contributed by atoms with Gasteiger partial charge in [0.15, 0.2) is 0 Å². The molecule has 0 unspecified atom stereocenters. The Hall–Kier alpha value is -3.08. The standard InChI is InChI=1S/C19H18N4O/c1-12(2)16-10-13-9-14(6-7-15(13)21-16)20-19(24)17-11-23-8-4-3-5-18(23)22-17/h3-12,21H,1-2H3,(H,20,24). The number of pyridine rings is 1. The zero-order chi connectivity index (χ0) is 16.7. The van der Waals surface area contributed by atoms with Gasteiger partial charge in [0.2, 0.25) is 0 Å². The molecule has 4 aromatic rings. The Morgan fingerprint density at radius 2 is 2.08 bits per heavy atom. The van der Waals surface area contributed by atoms with Gasteiger partial charge in [0.05, 0.1) is 0 Å². The van der Waals surface area contributed by atoms with E-state index in [1.165, 1.54) is 5.69 Å². The van der Waals surface area contributed by atoms with Crippen molar-refractivity contribution < 1.29 is 4.79 Å². The van der Waals surface area contributed by atoms with E-state index in [-0.39, 0.29) is 5.91 Å². The van der Waals surface area contributed by atoms with E-state index in [1.54, 1.807) is 6.20 Å². The van der Waals surface area contributed by atoms with Crippen molar-refractivity contribution in [2.24, 2.45) is 0 Å². The van der Waals surface area contributed by atoms with Gasteiger partial charge in [-0.15, -0.1) is 0 Å². The van der Waals surface area contributed by atoms with Crippen molar-refractivity contribution in [3.05, 3.63) is 66.2 Å². The van der Waals surface area contributed by atoms with E-state index >= 15 is 0 Å². The number of carbonyl (C=O) groups is 1. The van der Waals surface area contributed by atoms with Crippen LogP contribution in [0.25, 0.3) is 16.6 Å². The molecule has 1 amide bonds. The quantitative estimate of drug-likeness (QED) is 0.595. The second kappa shape index (κ2) is 5.53. The summed E-state index contributed by atoms with van der Waals surface area (Å²) in [6.45, 7) is 4.30. The summed E-state index contributed by atoms with van der Waals surface area (Å²) in [7, 11) is 0. The number of amides is 1. The number of hydrogen-bond acceptors (Lipinski definition) is 2. The summed E-state index contributed by atoms with van der Waals surface area (Å²) < 4.78 is 1.83. The van der Waals surface area contributed by atoms with Crippen molar-refractivity contribution in [2.75, 3.05) is 5.32 Å². The lowest BCUT2D eigenvalue weighted by atomic mass is 10.1. The van der Waals surface area contributed by atoms with Gasteiger partial charge in [-0.05, 0) is 42.3 Å². The van der Waals surface area contributed by atoms with Gasteiger partial charge in [-0.1, -0.05) is 19.9 Å². The van der Waals surface area contributed by atoms with Crippen LogP contribution in [0, 0.1) is 0 Å². The number of hydrogen-bond donors (Lipinski definition) is 2. The molecule has 0 fully saturated rings. The molecule has 3 aromatic heterocycles. The lowest BCUT2D eigenvalue weighted by Gasteiger charge is -2.03. The molecule has 0 radical (unpaired) electrons. The lowest BCUT2D eigenvalue weighted by Crippen LogP contribution is -2.12. The predicted octanol–water partition coefficient (Wildman–Crippen LogP) is 4.19. The Labute approximate surface area is 139 Å². The number of anilines is 1. The van der Waals surface area contributed by atoms with Crippen LogP contribution in [-0.4, -0.2) is 20.3 Å². The molecule has 0 bridgehead atoms. The fourth-order valence-electron chi connectivity index (χ4n) is 2.78. The largest absolute Gasteiger partial charge is 0.358 e. The monoisotopic (exact) mass is 318 g/mol. The minimum atomic E-state index is -0.210. The molecule has 3 heterocycles. The molecule has 5 heteroatoms. The maximum atomic E-state index is 12.4. The Kier molecular flexibility index (Phi) is 3.34. The molecule has 0 aliphatic carbocycles. The molecule has 0 saturated heterocycles. The first-order chi connectivity index (χ1) is 11.6. The highest BCUT2D eigenvalue weighted by atomic mass is 16.1. The summed E-state index contributed by atoms with van der Waals surface area (Å²) >= 11 is 0. The van der Waals surface area contributed by atoms with Gasteiger partial charge in [-0.3, -0.25) is 4.79 Å². The van der Waals surface area contributed by atoms with E-state index < -0.39 is 0 Å². The Bertz CT molecular complexity index is 1010. The summed E-state index contributed by atoms with van der Waals surface area (Å²) in [5.41, 5.74) is 4.18. The van der Waals surface area contributed by atoms with E-state index in [9.17, 15) is 4.79 Å². The van der Waals surface area contributed by atoms with E-state index in [1.807, 2.05) is 47.0 Å². The third-order valence-corrected chi connectivity index (χ3v) is 4.12. The Balaban J connectivity index is 1.61. The highest BCUT2D eigenvalue weighted by molar-refractivity contribution is 6.04. The van der Waals surface area contributed by atoms with Crippen LogP contribution < -0.4 is 5.32 Å². The van der Waals surface area contributed by atoms with Gasteiger partial charge < -0.3 is 14.7 Å². The van der Waals surface area contributed by atoms with Crippen LogP contribution in [0.4, 0.5) is 5.69 Å². The zero-order valence-electron chi connectivity index (χ0n) is 13.6. The molecule has 0 aliphatic rings. The fraction of sp³-hybridized carbons (Fsp3) is 0.158. The topological polar surface area (TPSA) is 62.2 Å². The minimum absolute atomic E-state index is 0.210. The van der Waals surface area contributed by atoms with Crippen LogP contribution in [0.1, 0.15) is 35.9 Å². The van der Waals surface area contributed by atoms with Crippen LogP contribution in [0.5, 0.6) is 0 Å². The van der Waals surface area contributed by atoms with Gasteiger partial charge in [0.25, 0.3) is 5.91 Å². The highest BCUT2D eigenvalue weighted by Crippen LogP contribution is 2.24. The number of fused-ring (bicyclic) bond motifs is 2. The van der Waals surface area contributed by atoms with Crippen molar-refractivity contribution in [3.8, 4) is 0 Å². The first-order valence-corrected chi connectivity index (χ1v) is 7.98. The second-order valence-electron chi connectivity index (χ2n) is 6.23. The maximum Gasteiger partial charge on any atom is 0.275 e. The third kappa shape index (κ3) is 2.54. The van der Waals surface area contributed by atoms with Crippen LogP contribution in [-0.2, 0) is 0 Å². The number of carbonyl (C=O) groups excluding carboxylic acids is 1. The van der Waals surface area contributed by atoms with Gasteiger partial charge in [0.1, 0.15) is 11.3 Å². The van der Waals surface area contributed by atoms with E-state index in [0.717, 1.165) is 22.2 Å². The average Bonchev–Trinajstić information content (AvgIpc) is 3.18. The average molecular weight is 318 g/mol. The second-order valence-corrected chi connectivity index (χ2v) is 6.23. The van der Waals surface area contributed by atoms with Crippen molar-refractivity contribution in [2.45, 2.75) is 19.8 Å². The Morgan fingerprint density at radius 3 is 2.88 bits per heavy atom. The minimum Gasteiger partial charge on any atom is -0.358 e. The molecule has 0 atom stereocenters. The molecular formula is C19H18N4O. The van der Waals surface area contributed by atoms with Crippen LogP contribution in [0.15, 0.2) is 54.9 Å². The molecule has 1 aromatic carbocycles. The number of benzene rings is 1. The van der Waals surface area contributed by atoms with Gasteiger partial charge in [-0.25, -0.2) is 4.98 Å². The van der Waals surface area contributed by atoms with Crippen LogP contribution in [0.2, 0.25) is 0 Å². The number of imidazole rings is 1. The molecule has 24 heavy (non-hydrogen) atoms. The summed E-state index contributed by atoms with van der Waals surface area (Å²) in [6.07, 6.45) is 3.61. The summed E-state index contributed by atoms with van der Waals surface area (Å²) in [6, 6.07) is 13.7. The lowest BCUT2D eigenvalue weighted by molar-refractivity contribution is 0.102. The molecule has 5 nitrogen and oxygen atoms in total. The first-order valence-electron chi connectivity index (χ1n) is 7.98. The summed E-state index contributed by atoms with van der Waals surface area (Å²) in [5.74, 6) is 0.228. The third-order valence-electron chi connectivity index (χ3n) is 4.12. The summed E-state index contributed by atoms with van der Waals surface area (Å²) in [5, 5.41) is 4.01. The summed E-state index contributed by atoms with van der Waals surface area (Å²) in [4.78, 5) is 20.2.